The number of rotatable bonds is 4. The lowest BCUT2D eigenvalue weighted by Crippen LogP contribution is -2.13. The molecule has 0 aliphatic heterocycles. The normalized spacial score (nSPS) is 11.5. The second-order valence-electron chi connectivity index (χ2n) is 4.99. The van der Waals surface area contributed by atoms with Crippen molar-refractivity contribution in [3.63, 3.8) is 0 Å². The summed E-state index contributed by atoms with van der Waals surface area (Å²) in [4.78, 5) is 0.143. The van der Waals surface area contributed by atoms with Crippen LogP contribution in [0.15, 0.2) is 46.2 Å². The Bertz CT molecular complexity index is 1040. The highest BCUT2D eigenvalue weighted by atomic mass is 127. The van der Waals surface area contributed by atoms with E-state index in [1.165, 1.54) is 17.4 Å². The van der Waals surface area contributed by atoms with E-state index in [0.717, 1.165) is 9.26 Å². The SMILES string of the molecule is Nc1nnc(-c2cc(S)c(S(N)(=O)=O)cc2Nc2ccc(I)cc2)s1. The minimum atomic E-state index is -3.92. The Morgan fingerprint density at radius 2 is 1.84 bits per heavy atom. The Hall–Kier alpha value is -1.41. The Morgan fingerprint density at radius 1 is 1.16 bits per heavy atom. The maximum Gasteiger partial charge on any atom is 0.239 e. The summed E-state index contributed by atoms with van der Waals surface area (Å²) in [5.74, 6) is 0. The fourth-order valence-corrected chi connectivity index (χ4v) is 4.32. The third kappa shape index (κ3) is 4.23. The number of primary sulfonamides is 1. The largest absolute Gasteiger partial charge is 0.374 e. The van der Waals surface area contributed by atoms with Crippen molar-refractivity contribution in [3.8, 4) is 10.6 Å². The van der Waals surface area contributed by atoms with Crippen molar-refractivity contribution in [2.24, 2.45) is 5.14 Å². The molecule has 0 bridgehead atoms. The molecule has 7 nitrogen and oxygen atoms in total. The lowest BCUT2D eigenvalue weighted by atomic mass is 10.1. The van der Waals surface area contributed by atoms with Gasteiger partial charge >= 0.3 is 0 Å². The van der Waals surface area contributed by atoms with Crippen LogP contribution in [-0.2, 0) is 10.0 Å². The predicted molar refractivity (Wildman–Crippen MR) is 111 cm³/mol. The molecule has 11 heteroatoms. The third-order valence-corrected chi connectivity index (χ3v) is 6.18. The van der Waals surface area contributed by atoms with Gasteiger partial charge in [0.1, 0.15) is 0 Å². The Balaban J connectivity index is 2.16. The molecule has 0 fully saturated rings. The summed E-state index contributed by atoms with van der Waals surface area (Å²) in [6.07, 6.45) is 0. The number of benzene rings is 2. The van der Waals surface area contributed by atoms with E-state index in [-0.39, 0.29) is 9.79 Å². The number of nitrogen functional groups attached to an aromatic ring is 1. The van der Waals surface area contributed by atoms with Gasteiger partial charge in [-0.25, -0.2) is 13.6 Å². The molecule has 0 amide bonds. The number of hydrogen-bond acceptors (Lipinski definition) is 8. The van der Waals surface area contributed by atoms with Gasteiger partial charge < -0.3 is 11.1 Å². The van der Waals surface area contributed by atoms with Gasteiger partial charge in [0.25, 0.3) is 0 Å². The molecule has 0 saturated carbocycles. The van der Waals surface area contributed by atoms with Crippen LogP contribution >= 0.6 is 46.6 Å². The summed E-state index contributed by atoms with van der Waals surface area (Å²) in [5, 5.41) is 17.2. The summed E-state index contributed by atoms with van der Waals surface area (Å²) in [5.41, 5.74) is 7.59. The standard InChI is InChI=1S/C14H12IN5O2S3/c15-7-1-3-8(4-2-7)18-10-6-12(25(17,21)22)11(23)5-9(10)13-19-20-14(16)24-13/h1-6,18,23H,(H2,16,20)(H2,17,21,22). The van der Waals surface area contributed by atoms with Crippen LogP contribution in [0.2, 0.25) is 0 Å². The van der Waals surface area contributed by atoms with Crippen LogP contribution in [0.25, 0.3) is 10.6 Å². The van der Waals surface area contributed by atoms with Crippen molar-refractivity contribution in [2.45, 2.75) is 9.79 Å². The van der Waals surface area contributed by atoms with Crippen molar-refractivity contribution in [1.82, 2.24) is 10.2 Å². The summed E-state index contributed by atoms with van der Waals surface area (Å²) < 4.78 is 24.7. The van der Waals surface area contributed by atoms with Gasteiger partial charge in [0.2, 0.25) is 15.2 Å². The molecule has 0 aliphatic rings. The van der Waals surface area contributed by atoms with Crippen molar-refractivity contribution in [1.29, 1.82) is 0 Å². The van der Waals surface area contributed by atoms with E-state index in [4.69, 9.17) is 10.9 Å². The van der Waals surface area contributed by atoms with E-state index >= 15 is 0 Å². The molecule has 5 N–H and O–H groups in total. The number of aromatic nitrogens is 2. The Morgan fingerprint density at radius 3 is 2.40 bits per heavy atom. The van der Waals surface area contributed by atoms with Crippen molar-refractivity contribution in [2.75, 3.05) is 11.1 Å². The molecule has 130 valence electrons. The second-order valence-corrected chi connectivity index (χ2v) is 9.25. The first-order chi connectivity index (χ1) is 11.7. The molecule has 0 saturated heterocycles. The first-order valence-electron chi connectivity index (χ1n) is 6.76. The number of thiol groups is 1. The van der Waals surface area contributed by atoms with E-state index in [1.807, 2.05) is 24.3 Å². The Labute approximate surface area is 167 Å². The monoisotopic (exact) mass is 505 g/mol. The molecule has 1 aromatic heterocycles. The van der Waals surface area contributed by atoms with Crippen molar-refractivity contribution >= 4 is 73.1 Å². The van der Waals surface area contributed by atoms with Crippen molar-refractivity contribution < 1.29 is 8.42 Å². The van der Waals surface area contributed by atoms with Gasteiger partial charge in [0, 0.05) is 19.7 Å². The van der Waals surface area contributed by atoms with Crippen LogP contribution in [0.5, 0.6) is 0 Å². The zero-order valence-electron chi connectivity index (χ0n) is 12.5. The van der Waals surface area contributed by atoms with Crippen molar-refractivity contribution in [3.05, 3.63) is 40.0 Å². The first kappa shape index (κ1) is 18.4. The van der Waals surface area contributed by atoms with Crippen LogP contribution in [0.4, 0.5) is 16.5 Å². The topological polar surface area (TPSA) is 124 Å². The molecule has 0 aliphatic carbocycles. The van der Waals surface area contributed by atoms with E-state index in [0.29, 0.717) is 21.4 Å². The number of nitrogens with one attached hydrogen (secondary N) is 1. The van der Waals surface area contributed by atoms with E-state index in [1.54, 1.807) is 6.07 Å². The fraction of sp³-hybridized carbons (Fsp3) is 0. The van der Waals surface area contributed by atoms with Gasteiger partial charge in [-0.3, -0.25) is 0 Å². The number of halogens is 1. The van der Waals surface area contributed by atoms with Gasteiger partial charge in [-0.05, 0) is 59.0 Å². The average Bonchev–Trinajstić information content (AvgIpc) is 2.96. The predicted octanol–water partition coefficient (Wildman–Crippen LogP) is 3.07. The number of hydrogen-bond donors (Lipinski definition) is 4. The maximum absolute atomic E-state index is 11.8. The zero-order valence-corrected chi connectivity index (χ0v) is 17.2. The molecule has 0 atom stereocenters. The molecule has 25 heavy (non-hydrogen) atoms. The number of sulfonamides is 1. The van der Waals surface area contributed by atoms with E-state index in [2.05, 4.69) is 50.7 Å². The van der Waals surface area contributed by atoms with Gasteiger partial charge in [0.15, 0.2) is 5.01 Å². The lowest BCUT2D eigenvalue weighted by Gasteiger charge is -2.14. The average molecular weight is 505 g/mol. The summed E-state index contributed by atoms with van der Waals surface area (Å²) in [6.45, 7) is 0. The van der Waals surface area contributed by atoms with Crippen LogP contribution < -0.4 is 16.2 Å². The van der Waals surface area contributed by atoms with Crippen LogP contribution in [0, 0.1) is 3.57 Å². The highest BCUT2D eigenvalue weighted by Gasteiger charge is 2.19. The van der Waals surface area contributed by atoms with Gasteiger partial charge in [-0.1, -0.05) is 11.3 Å². The zero-order chi connectivity index (χ0) is 18.2. The molecule has 0 spiro atoms. The molecule has 3 aromatic rings. The van der Waals surface area contributed by atoms with E-state index < -0.39 is 10.0 Å². The fourth-order valence-electron chi connectivity index (χ4n) is 2.11. The highest BCUT2D eigenvalue weighted by Crippen LogP contribution is 2.37. The minimum Gasteiger partial charge on any atom is -0.374 e. The quantitative estimate of drug-likeness (QED) is 0.319. The Kier molecular flexibility index (Phi) is 5.20. The molecular formula is C14H12IN5O2S3. The summed E-state index contributed by atoms with van der Waals surface area (Å²) in [7, 11) is -3.92. The van der Waals surface area contributed by atoms with Gasteiger partial charge in [-0.15, -0.1) is 22.8 Å². The lowest BCUT2D eigenvalue weighted by molar-refractivity contribution is 0.596. The number of nitrogens with two attached hydrogens (primary N) is 2. The first-order valence-corrected chi connectivity index (χ1v) is 10.6. The molecule has 2 aromatic carbocycles. The third-order valence-electron chi connectivity index (χ3n) is 3.20. The minimum absolute atomic E-state index is 0.0786. The second kappa shape index (κ2) is 7.07. The van der Waals surface area contributed by atoms with Crippen LogP contribution in [0.1, 0.15) is 0 Å². The van der Waals surface area contributed by atoms with Gasteiger partial charge in [-0.2, -0.15) is 0 Å². The number of nitrogens with zero attached hydrogens (tertiary/aromatic N) is 2. The molecule has 0 unspecified atom stereocenters. The number of anilines is 3. The smallest absolute Gasteiger partial charge is 0.239 e. The molecule has 1 heterocycles. The summed E-state index contributed by atoms with van der Waals surface area (Å²) in [6, 6.07) is 10.6. The highest BCUT2D eigenvalue weighted by molar-refractivity contribution is 14.1. The van der Waals surface area contributed by atoms with Gasteiger partial charge in [0.05, 0.1) is 10.6 Å². The maximum atomic E-state index is 11.8. The van der Waals surface area contributed by atoms with E-state index in [9.17, 15) is 8.42 Å². The van der Waals surface area contributed by atoms with Crippen LogP contribution in [0.3, 0.4) is 0 Å². The molecule has 0 radical (unpaired) electrons. The van der Waals surface area contributed by atoms with Crippen LogP contribution in [-0.4, -0.2) is 18.6 Å². The molecular weight excluding hydrogens is 493 g/mol. The summed E-state index contributed by atoms with van der Waals surface area (Å²) >= 11 is 7.63. The molecule has 3 rings (SSSR count).